The Bertz CT molecular complexity index is 556. The molecule has 0 aromatic heterocycles. The molecule has 2 nitrogen and oxygen atoms in total. The maximum absolute atomic E-state index is 10.4. The molecule has 0 saturated heterocycles. The third-order valence-corrected chi connectivity index (χ3v) is 6.24. The first-order valence-corrected chi connectivity index (χ1v) is 8.43. The first-order valence-electron chi connectivity index (χ1n) is 6.91. The predicted octanol–water partition coefficient (Wildman–Crippen LogP) is 3.56. The lowest BCUT2D eigenvalue weighted by molar-refractivity contribution is 0.475. The van der Waals surface area contributed by atoms with Crippen molar-refractivity contribution in [1.29, 1.82) is 0 Å². The van der Waals surface area contributed by atoms with Gasteiger partial charge in [-0.15, -0.1) is 0 Å². The van der Waals surface area contributed by atoms with Crippen LogP contribution >= 0.6 is 7.92 Å². The molecule has 2 N–H and O–H groups in total. The number of benzene rings is 2. The fraction of sp³-hybridized carbons (Fsp3) is 0.294. The molecule has 0 fully saturated rings. The molecule has 0 bridgehead atoms. The van der Waals surface area contributed by atoms with E-state index in [4.69, 9.17) is 0 Å². The van der Waals surface area contributed by atoms with Crippen molar-refractivity contribution in [2.24, 2.45) is 0 Å². The van der Waals surface area contributed by atoms with Crippen LogP contribution in [0.25, 0.3) is 0 Å². The molecule has 3 heteroatoms. The molecule has 106 valence electrons. The summed E-state index contributed by atoms with van der Waals surface area (Å²) in [6.07, 6.45) is 1.98. The van der Waals surface area contributed by atoms with Crippen LogP contribution in [0.4, 0.5) is 0 Å². The van der Waals surface area contributed by atoms with Crippen molar-refractivity contribution in [1.82, 2.24) is 0 Å². The molecule has 0 spiro atoms. The average molecular weight is 288 g/mol. The number of aromatic hydroxyl groups is 2. The first-order chi connectivity index (χ1) is 9.56. The van der Waals surface area contributed by atoms with E-state index in [0.29, 0.717) is 11.5 Å². The van der Waals surface area contributed by atoms with Gasteiger partial charge in [-0.25, -0.2) is 0 Å². The van der Waals surface area contributed by atoms with Gasteiger partial charge < -0.3 is 10.2 Å². The second-order valence-corrected chi connectivity index (χ2v) is 7.30. The highest BCUT2D eigenvalue weighted by atomic mass is 31.1. The van der Waals surface area contributed by atoms with Gasteiger partial charge in [0.1, 0.15) is 11.5 Å². The standard InChI is InChI=1S/C17H21O2P/c1-4-11-20(14-9-5-7-12(2)16(14)18)15-10-6-8-13(3)17(15)19/h5-10,18-19H,4,11H2,1-3H3. The zero-order valence-electron chi connectivity index (χ0n) is 12.2. The van der Waals surface area contributed by atoms with Crippen LogP contribution in [0, 0.1) is 13.8 Å². The second-order valence-electron chi connectivity index (χ2n) is 5.04. The first kappa shape index (κ1) is 14.9. The molecular formula is C17H21O2P. The number of phenols is 2. The van der Waals surface area contributed by atoms with Gasteiger partial charge in [0.15, 0.2) is 0 Å². The van der Waals surface area contributed by atoms with Crippen molar-refractivity contribution in [3.63, 3.8) is 0 Å². The van der Waals surface area contributed by atoms with Gasteiger partial charge in [-0.2, -0.15) is 0 Å². The number of hydrogen-bond acceptors (Lipinski definition) is 2. The van der Waals surface area contributed by atoms with Crippen LogP contribution in [-0.2, 0) is 0 Å². The number of phenolic OH excluding ortho intramolecular Hbond substituents is 2. The summed E-state index contributed by atoms with van der Waals surface area (Å²) in [5, 5.41) is 22.6. The molecule has 0 amide bonds. The van der Waals surface area contributed by atoms with E-state index in [9.17, 15) is 10.2 Å². The Balaban J connectivity index is 2.56. The Morgan fingerprint density at radius 2 is 1.30 bits per heavy atom. The van der Waals surface area contributed by atoms with Gasteiger partial charge in [-0.05, 0) is 39.1 Å². The summed E-state index contributed by atoms with van der Waals surface area (Å²) >= 11 is 0. The lowest BCUT2D eigenvalue weighted by Crippen LogP contribution is -2.16. The fourth-order valence-corrected chi connectivity index (χ4v) is 4.90. The van der Waals surface area contributed by atoms with Crippen LogP contribution in [-0.4, -0.2) is 16.4 Å². The largest absolute Gasteiger partial charge is 0.507 e. The molecule has 0 aliphatic carbocycles. The van der Waals surface area contributed by atoms with Crippen LogP contribution in [0.2, 0.25) is 0 Å². The van der Waals surface area contributed by atoms with E-state index < -0.39 is 7.92 Å². The lowest BCUT2D eigenvalue weighted by Gasteiger charge is -2.21. The van der Waals surface area contributed by atoms with Gasteiger partial charge >= 0.3 is 0 Å². The minimum absolute atomic E-state index is 0.368. The maximum Gasteiger partial charge on any atom is 0.126 e. The van der Waals surface area contributed by atoms with E-state index in [1.165, 1.54) is 0 Å². The van der Waals surface area contributed by atoms with E-state index in [-0.39, 0.29) is 0 Å². The summed E-state index contributed by atoms with van der Waals surface area (Å²) in [7, 11) is -0.725. The molecule has 0 atom stereocenters. The normalized spacial score (nSPS) is 11.0. The minimum Gasteiger partial charge on any atom is -0.507 e. The van der Waals surface area contributed by atoms with Crippen LogP contribution in [0.1, 0.15) is 24.5 Å². The van der Waals surface area contributed by atoms with Gasteiger partial charge in [0.2, 0.25) is 0 Å². The average Bonchev–Trinajstić information content (AvgIpc) is 2.43. The molecule has 0 saturated carbocycles. The third-order valence-electron chi connectivity index (χ3n) is 3.46. The highest BCUT2D eigenvalue weighted by Gasteiger charge is 2.20. The lowest BCUT2D eigenvalue weighted by atomic mass is 10.2. The molecule has 0 heterocycles. The smallest absolute Gasteiger partial charge is 0.126 e. The Kier molecular flexibility index (Phi) is 4.67. The summed E-state index contributed by atoms with van der Waals surface area (Å²) in [4.78, 5) is 0. The number of hydrogen-bond donors (Lipinski definition) is 2. The number of aryl methyl sites for hydroxylation is 2. The monoisotopic (exact) mass is 288 g/mol. The van der Waals surface area contributed by atoms with Crippen molar-refractivity contribution < 1.29 is 10.2 Å². The van der Waals surface area contributed by atoms with Crippen molar-refractivity contribution in [2.75, 3.05) is 6.16 Å². The highest BCUT2D eigenvalue weighted by molar-refractivity contribution is 7.73. The minimum atomic E-state index is -0.725. The SMILES string of the molecule is CCCP(c1cccc(C)c1O)c1cccc(C)c1O. The summed E-state index contributed by atoms with van der Waals surface area (Å²) in [6, 6.07) is 11.7. The van der Waals surface area contributed by atoms with Gasteiger partial charge in [0.25, 0.3) is 0 Å². The van der Waals surface area contributed by atoms with Gasteiger partial charge in [0, 0.05) is 10.6 Å². The van der Waals surface area contributed by atoms with E-state index in [1.807, 2.05) is 50.2 Å². The van der Waals surface area contributed by atoms with Crippen LogP contribution in [0.15, 0.2) is 36.4 Å². The predicted molar refractivity (Wildman–Crippen MR) is 87.0 cm³/mol. The van der Waals surface area contributed by atoms with Crippen molar-refractivity contribution in [3.05, 3.63) is 47.5 Å². The molecule has 20 heavy (non-hydrogen) atoms. The van der Waals surface area contributed by atoms with E-state index in [1.54, 1.807) is 0 Å². The molecular weight excluding hydrogens is 267 g/mol. The summed E-state index contributed by atoms with van der Waals surface area (Å²) < 4.78 is 0. The Morgan fingerprint density at radius 1 is 0.850 bits per heavy atom. The van der Waals surface area contributed by atoms with Crippen molar-refractivity contribution in [3.8, 4) is 11.5 Å². The molecule has 2 rings (SSSR count). The number of para-hydroxylation sites is 2. The molecule has 0 aliphatic rings. The van der Waals surface area contributed by atoms with Crippen LogP contribution < -0.4 is 10.6 Å². The summed E-state index contributed by atoms with van der Waals surface area (Å²) in [5.74, 6) is 0.737. The zero-order valence-corrected chi connectivity index (χ0v) is 13.1. The quantitative estimate of drug-likeness (QED) is 0.845. The summed E-state index contributed by atoms with van der Waals surface area (Å²) in [6.45, 7) is 5.96. The van der Waals surface area contributed by atoms with Crippen molar-refractivity contribution in [2.45, 2.75) is 27.2 Å². The van der Waals surface area contributed by atoms with Gasteiger partial charge in [0.05, 0.1) is 0 Å². The Labute approximate surface area is 121 Å². The fourth-order valence-electron chi connectivity index (χ4n) is 2.32. The second kappa shape index (κ2) is 6.28. The van der Waals surface area contributed by atoms with Crippen LogP contribution in [0.3, 0.4) is 0 Å². The highest BCUT2D eigenvalue weighted by Crippen LogP contribution is 2.41. The third kappa shape index (κ3) is 2.81. The maximum atomic E-state index is 10.4. The molecule has 0 radical (unpaired) electrons. The van der Waals surface area contributed by atoms with Crippen molar-refractivity contribution >= 4 is 18.5 Å². The van der Waals surface area contributed by atoms with Gasteiger partial charge in [-0.1, -0.05) is 49.7 Å². The molecule has 0 aliphatic heterocycles. The Hall–Kier alpha value is -1.53. The van der Waals surface area contributed by atoms with Crippen LogP contribution in [0.5, 0.6) is 11.5 Å². The van der Waals surface area contributed by atoms with Gasteiger partial charge in [-0.3, -0.25) is 0 Å². The number of rotatable bonds is 4. The topological polar surface area (TPSA) is 40.5 Å². The van der Waals surface area contributed by atoms with E-state index in [2.05, 4.69) is 6.92 Å². The summed E-state index contributed by atoms with van der Waals surface area (Å²) in [5.41, 5.74) is 1.77. The molecule has 2 aromatic rings. The molecule has 0 unspecified atom stereocenters. The molecule has 2 aromatic carbocycles. The van der Waals surface area contributed by atoms with E-state index >= 15 is 0 Å². The Morgan fingerprint density at radius 3 is 1.70 bits per heavy atom. The van der Waals surface area contributed by atoms with E-state index in [0.717, 1.165) is 34.3 Å². The zero-order chi connectivity index (χ0) is 14.7.